The van der Waals surface area contributed by atoms with Gasteiger partial charge in [0.1, 0.15) is 18.3 Å². The van der Waals surface area contributed by atoms with Gasteiger partial charge >= 0.3 is 0 Å². The molecule has 0 saturated carbocycles. The van der Waals surface area contributed by atoms with E-state index in [2.05, 4.69) is 0 Å². The van der Waals surface area contributed by atoms with Gasteiger partial charge in [-0.05, 0) is 0 Å². The summed E-state index contributed by atoms with van der Waals surface area (Å²) >= 11 is 0. The summed E-state index contributed by atoms with van der Waals surface area (Å²) in [5, 5.41) is 9.22. The van der Waals surface area contributed by atoms with E-state index in [1.807, 2.05) is 0 Å². The molecule has 0 spiro atoms. The lowest BCUT2D eigenvalue weighted by molar-refractivity contribution is -0.0438. The van der Waals surface area contributed by atoms with Gasteiger partial charge in [0.25, 0.3) is 0 Å². The van der Waals surface area contributed by atoms with Crippen LogP contribution in [0.3, 0.4) is 0 Å². The molecule has 2 aliphatic heterocycles. The highest BCUT2D eigenvalue weighted by molar-refractivity contribution is 5.00. The summed E-state index contributed by atoms with van der Waals surface area (Å²) in [5.74, 6) is 0. The predicted octanol–water partition coefficient (Wildman–Crippen LogP) is -1.53. The highest BCUT2D eigenvalue weighted by Crippen LogP contribution is 2.35. The monoisotopic (exact) mass is 145 g/mol. The van der Waals surface area contributed by atoms with E-state index in [9.17, 15) is 5.11 Å². The molecule has 3 N–H and O–H groups in total. The summed E-state index contributed by atoms with van der Waals surface area (Å²) in [4.78, 5) is 0. The summed E-state index contributed by atoms with van der Waals surface area (Å²) in [7, 11) is 0. The van der Waals surface area contributed by atoms with E-state index in [0.29, 0.717) is 6.61 Å². The molecule has 0 aromatic heterocycles. The Kier molecular flexibility index (Phi) is 1.42. The summed E-state index contributed by atoms with van der Waals surface area (Å²) in [6.45, 7) is 0.865. The first-order valence-electron chi connectivity index (χ1n) is 3.48. The van der Waals surface area contributed by atoms with E-state index in [1.54, 1.807) is 0 Å². The van der Waals surface area contributed by atoms with Gasteiger partial charge in [-0.1, -0.05) is 0 Å². The molecule has 0 amide bonds. The van der Waals surface area contributed by atoms with Gasteiger partial charge in [0.15, 0.2) is 0 Å². The lowest BCUT2D eigenvalue weighted by atomic mass is 10.1. The van der Waals surface area contributed by atoms with Crippen molar-refractivity contribution in [2.45, 2.75) is 24.4 Å². The van der Waals surface area contributed by atoms with Crippen molar-refractivity contribution in [3.05, 3.63) is 0 Å². The fourth-order valence-electron chi connectivity index (χ4n) is 1.34. The first kappa shape index (κ1) is 6.54. The number of epoxide rings is 1. The number of nitrogens with two attached hydrogens (primary N) is 1. The lowest BCUT2D eigenvalue weighted by Gasteiger charge is -2.16. The van der Waals surface area contributed by atoms with Crippen molar-refractivity contribution in [2.24, 2.45) is 5.73 Å². The normalized spacial score (nSPS) is 46.8. The smallest absolute Gasteiger partial charge is 0.115 e. The number of fused-ring (bicyclic) bond motifs is 1. The highest BCUT2D eigenvalue weighted by Gasteiger charge is 2.53. The van der Waals surface area contributed by atoms with Crippen molar-refractivity contribution >= 4 is 0 Å². The first-order valence-corrected chi connectivity index (χ1v) is 3.48. The fourth-order valence-corrected chi connectivity index (χ4v) is 1.34. The summed E-state index contributed by atoms with van der Waals surface area (Å²) < 4.78 is 10.4. The Balaban J connectivity index is 1.92. The number of ether oxygens (including phenoxy) is 2. The van der Waals surface area contributed by atoms with Gasteiger partial charge in [0.2, 0.25) is 0 Å². The van der Waals surface area contributed by atoms with Gasteiger partial charge in [0.05, 0.1) is 12.7 Å². The third kappa shape index (κ3) is 0.845. The predicted molar refractivity (Wildman–Crippen MR) is 33.5 cm³/mol. The van der Waals surface area contributed by atoms with Crippen LogP contribution in [0.1, 0.15) is 0 Å². The third-order valence-electron chi connectivity index (χ3n) is 2.02. The fraction of sp³-hybridized carbons (Fsp3) is 1.00. The molecule has 0 bridgehead atoms. The molecule has 2 heterocycles. The Bertz CT molecular complexity index is 141. The van der Waals surface area contributed by atoms with E-state index in [-0.39, 0.29) is 24.9 Å². The van der Waals surface area contributed by atoms with Crippen molar-refractivity contribution in [1.82, 2.24) is 0 Å². The van der Waals surface area contributed by atoms with Gasteiger partial charge in [-0.15, -0.1) is 0 Å². The molecule has 0 unspecified atom stereocenters. The Hall–Kier alpha value is -0.160. The second-order valence-electron chi connectivity index (χ2n) is 2.74. The van der Waals surface area contributed by atoms with E-state index in [0.717, 1.165) is 0 Å². The van der Waals surface area contributed by atoms with Crippen molar-refractivity contribution < 1.29 is 14.6 Å². The van der Waals surface area contributed by atoms with Crippen molar-refractivity contribution in [2.75, 3.05) is 13.2 Å². The van der Waals surface area contributed by atoms with Crippen LogP contribution in [-0.4, -0.2) is 42.7 Å². The Morgan fingerprint density at radius 2 is 2.50 bits per heavy atom. The lowest BCUT2D eigenvalue weighted by Crippen LogP contribution is -2.36. The molecule has 2 saturated heterocycles. The number of hydrogen-bond donors (Lipinski definition) is 2. The van der Waals surface area contributed by atoms with Crippen molar-refractivity contribution in [1.29, 1.82) is 0 Å². The van der Waals surface area contributed by atoms with Crippen LogP contribution in [0.25, 0.3) is 0 Å². The Labute approximate surface area is 58.9 Å². The van der Waals surface area contributed by atoms with Gasteiger partial charge in [-0.3, -0.25) is 0 Å². The third-order valence-corrected chi connectivity index (χ3v) is 2.02. The second-order valence-corrected chi connectivity index (χ2v) is 2.74. The molecule has 2 aliphatic rings. The minimum absolute atomic E-state index is 0.124. The molecule has 0 aliphatic carbocycles. The molecule has 0 radical (unpaired) electrons. The molecule has 2 fully saturated rings. The van der Waals surface area contributed by atoms with Crippen LogP contribution in [-0.2, 0) is 9.47 Å². The van der Waals surface area contributed by atoms with Gasteiger partial charge < -0.3 is 20.3 Å². The standard InChI is InChI=1S/C6H11NO3/c7-1-3(8)5-6-4(10-6)2-9-5/h3-6,8H,1-2,7H2/t3-,4+,5-,6+/m1/s1. The molecule has 10 heavy (non-hydrogen) atoms. The molecular formula is C6H11NO3. The maximum Gasteiger partial charge on any atom is 0.115 e. The zero-order valence-electron chi connectivity index (χ0n) is 5.56. The molecule has 58 valence electrons. The number of hydrogen-bond acceptors (Lipinski definition) is 4. The quantitative estimate of drug-likeness (QED) is 0.463. The van der Waals surface area contributed by atoms with Crippen molar-refractivity contribution in [3.8, 4) is 0 Å². The van der Waals surface area contributed by atoms with Gasteiger partial charge in [-0.25, -0.2) is 0 Å². The van der Waals surface area contributed by atoms with Crippen LogP contribution < -0.4 is 5.73 Å². The largest absolute Gasteiger partial charge is 0.389 e. The maximum absolute atomic E-state index is 9.22. The minimum Gasteiger partial charge on any atom is -0.389 e. The Morgan fingerprint density at radius 3 is 2.90 bits per heavy atom. The van der Waals surface area contributed by atoms with Gasteiger partial charge in [0, 0.05) is 6.54 Å². The van der Waals surface area contributed by atoms with E-state index >= 15 is 0 Å². The van der Waals surface area contributed by atoms with Crippen LogP contribution in [0.5, 0.6) is 0 Å². The van der Waals surface area contributed by atoms with Crippen molar-refractivity contribution in [3.63, 3.8) is 0 Å². The van der Waals surface area contributed by atoms with Crippen LogP contribution >= 0.6 is 0 Å². The van der Waals surface area contributed by atoms with E-state index in [1.165, 1.54) is 0 Å². The topological polar surface area (TPSA) is 68.0 Å². The first-order chi connectivity index (χ1) is 4.83. The summed E-state index contributed by atoms with van der Waals surface area (Å²) in [6.07, 6.45) is -0.364. The average molecular weight is 145 g/mol. The molecule has 0 aromatic rings. The molecule has 4 atom stereocenters. The maximum atomic E-state index is 9.22. The second kappa shape index (κ2) is 2.17. The highest BCUT2D eigenvalue weighted by atomic mass is 16.7. The number of rotatable bonds is 2. The zero-order chi connectivity index (χ0) is 7.14. The molecule has 2 rings (SSSR count). The van der Waals surface area contributed by atoms with Crippen LogP contribution in [0.4, 0.5) is 0 Å². The average Bonchev–Trinajstić information content (AvgIpc) is 2.62. The zero-order valence-corrected chi connectivity index (χ0v) is 5.56. The number of aliphatic hydroxyl groups excluding tert-OH is 1. The van der Waals surface area contributed by atoms with Gasteiger partial charge in [-0.2, -0.15) is 0 Å². The SMILES string of the molecule is NC[C@@H](O)[C@H]1OC[C@@H]2O[C@H]12. The summed E-state index contributed by atoms with van der Waals surface area (Å²) in [5.41, 5.74) is 5.25. The number of aliphatic hydroxyl groups is 1. The molecular weight excluding hydrogens is 134 g/mol. The van der Waals surface area contributed by atoms with E-state index in [4.69, 9.17) is 15.2 Å². The minimum atomic E-state index is -0.558. The van der Waals surface area contributed by atoms with E-state index < -0.39 is 6.10 Å². The van der Waals surface area contributed by atoms with Crippen LogP contribution in [0.2, 0.25) is 0 Å². The van der Waals surface area contributed by atoms with Crippen LogP contribution in [0.15, 0.2) is 0 Å². The Morgan fingerprint density at radius 1 is 1.70 bits per heavy atom. The van der Waals surface area contributed by atoms with Crippen LogP contribution in [0, 0.1) is 0 Å². The summed E-state index contributed by atoms with van der Waals surface area (Å²) in [6, 6.07) is 0. The molecule has 4 heteroatoms. The molecule has 4 nitrogen and oxygen atoms in total. The molecule has 0 aromatic carbocycles.